The van der Waals surface area contributed by atoms with Gasteiger partial charge in [0.05, 0.1) is 11.3 Å². The standard InChI is InChI=1S/C14H15ClN2O2S/c1-8-4-5-10(6-11(8)14(18)19)20-7-12-9(2)16-17(3)13(12)15/h4-6H,7H2,1-3H3,(H,18,19). The van der Waals surface area contributed by atoms with Gasteiger partial charge in [0.1, 0.15) is 5.15 Å². The minimum atomic E-state index is -0.902. The highest BCUT2D eigenvalue weighted by Gasteiger charge is 2.13. The van der Waals surface area contributed by atoms with Gasteiger partial charge in [-0.25, -0.2) is 4.79 Å². The van der Waals surface area contributed by atoms with Gasteiger partial charge in [0.2, 0.25) is 0 Å². The Morgan fingerprint density at radius 1 is 1.45 bits per heavy atom. The topological polar surface area (TPSA) is 55.1 Å². The maximum atomic E-state index is 11.1. The van der Waals surface area contributed by atoms with Crippen LogP contribution in [0.25, 0.3) is 0 Å². The molecular formula is C14H15ClN2O2S. The van der Waals surface area contributed by atoms with E-state index in [0.717, 1.165) is 21.7 Å². The highest BCUT2D eigenvalue weighted by molar-refractivity contribution is 7.98. The molecule has 0 atom stereocenters. The molecule has 0 aliphatic rings. The Kier molecular flexibility index (Phi) is 4.40. The number of halogens is 1. The average molecular weight is 311 g/mol. The number of carboxylic acid groups (broad SMARTS) is 1. The molecule has 0 radical (unpaired) electrons. The van der Waals surface area contributed by atoms with Crippen LogP contribution in [0.4, 0.5) is 0 Å². The van der Waals surface area contributed by atoms with Crippen LogP contribution in [-0.2, 0) is 12.8 Å². The summed E-state index contributed by atoms with van der Waals surface area (Å²) in [6, 6.07) is 5.44. The molecule has 106 valence electrons. The number of hydrogen-bond donors (Lipinski definition) is 1. The van der Waals surface area contributed by atoms with Crippen LogP contribution in [0, 0.1) is 13.8 Å². The van der Waals surface area contributed by atoms with Crippen LogP contribution < -0.4 is 0 Å². The number of benzene rings is 1. The first-order valence-corrected chi connectivity index (χ1v) is 7.41. The molecule has 1 aromatic heterocycles. The minimum absolute atomic E-state index is 0.337. The summed E-state index contributed by atoms with van der Waals surface area (Å²) in [4.78, 5) is 12.0. The lowest BCUT2D eigenvalue weighted by molar-refractivity contribution is 0.0696. The van der Waals surface area contributed by atoms with Crippen molar-refractivity contribution in [2.24, 2.45) is 7.05 Å². The number of aromatic nitrogens is 2. The summed E-state index contributed by atoms with van der Waals surface area (Å²) in [5.74, 6) is -0.235. The van der Waals surface area contributed by atoms with Crippen molar-refractivity contribution in [3.05, 3.63) is 45.7 Å². The summed E-state index contributed by atoms with van der Waals surface area (Å²) in [6.45, 7) is 3.71. The monoisotopic (exact) mass is 310 g/mol. The van der Waals surface area contributed by atoms with Crippen molar-refractivity contribution in [1.29, 1.82) is 0 Å². The second-order valence-corrected chi connectivity index (χ2v) is 5.96. The fourth-order valence-corrected chi connectivity index (χ4v) is 3.26. The zero-order valence-corrected chi connectivity index (χ0v) is 13.0. The van der Waals surface area contributed by atoms with Gasteiger partial charge in [-0.15, -0.1) is 11.8 Å². The highest BCUT2D eigenvalue weighted by atomic mass is 35.5. The lowest BCUT2D eigenvalue weighted by atomic mass is 10.1. The van der Waals surface area contributed by atoms with Gasteiger partial charge in [-0.2, -0.15) is 5.10 Å². The Morgan fingerprint density at radius 2 is 2.15 bits per heavy atom. The third kappa shape index (κ3) is 2.99. The van der Waals surface area contributed by atoms with Gasteiger partial charge in [0.25, 0.3) is 0 Å². The molecule has 0 fully saturated rings. The number of rotatable bonds is 4. The Labute approximate surface area is 126 Å². The predicted molar refractivity (Wildman–Crippen MR) is 80.7 cm³/mol. The molecule has 0 saturated carbocycles. The Balaban J connectivity index is 2.19. The molecule has 1 aromatic carbocycles. The van der Waals surface area contributed by atoms with Gasteiger partial charge >= 0.3 is 5.97 Å². The van der Waals surface area contributed by atoms with Crippen LogP contribution in [0.3, 0.4) is 0 Å². The quantitative estimate of drug-likeness (QED) is 0.875. The van der Waals surface area contributed by atoms with Crippen LogP contribution in [0.5, 0.6) is 0 Å². The van der Waals surface area contributed by atoms with Crippen molar-refractivity contribution >= 4 is 29.3 Å². The van der Waals surface area contributed by atoms with Gasteiger partial charge in [-0.05, 0) is 31.5 Å². The van der Waals surface area contributed by atoms with Crippen molar-refractivity contribution in [2.75, 3.05) is 0 Å². The van der Waals surface area contributed by atoms with E-state index in [1.165, 1.54) is 0 Å². The van der Waals surface area contributed by atoms with Crippen molar-refractivity contribution < 1.29 is 9.90 Å². The summed E-state index contributed by atoms with van der Waals surface area (Å²) in [5, 5.41) is 14.0. The molecule has 20 heavy (non-hydrogen) atoms. The molecule has 1 heterocycles. The molecule has 6 heteroatoms. The summed E-state index contributed by atoms with van der Waals surface area (Å²) in [5.41, 5.74) is 2.98. The fraction of sp³-hybridized carbons (Fsp3) is 0.286. The summed E-state index contributed by atoms with van der Waals surface area (Å²) in [6.07, 6.45) is 0. The van der Waals surface area contributed by atoms with E-state index >= 15 is 0 Å². The number of aryl methyl sites for hydroxylation is 3. The maximum absolute atomic E-state index is 11.1. The van der Waals surface area contributed by atoms with Crippen molar-refractivity contribution in [1.82, 2.24) is 9.78 Å². The lowest BCUT2D eigenvalue weighted by Crippen LogP contribution is -1.99. The number of hydrogen-bond acceptors (Lipinski definition) is 3. The summed E-state index contributed by atoms with van der Waals surface area (Å²) in [7, 11) is 1.80. The highest BCUT2D eigenvalue weighted by Crippen LogP contribution is 2.29. The fourth-order valence-electron chi connectivity index (χ4n) is 1.91. The average Bonchev–Trinajstić information content (AvgIpc) is 2.62. The summed E-state index contributed by atoms with van der Waals surface area (Å²) < 4.78 is 1.64. The second kappa shape index (κ2) is 5.89. The molecule has 4 nitrogen and oxygen atoms in total. The lowest BCUT2D eigenvalue weighted by Gasteiger charge is -2.05. The molecular weight excluding hydrogens is 296 g/mol. The van der Waals surface area contributed by atoms with Gasteiger partial charge in [-0.1, -0.05) is 17.7 Å². The first-order chi connectivity index (χ1) is 9.40. The normalized spacial score (nSPS) is 10.8. The SMILES string of the molecule is Cc1ccc(SCc2c(C)nn(C)c2Cl)cc1C(=O)O. The molecule has 0 saturated heterocycles. The largest absolute Gasteiger partial charge is 0.478 e. The number of carboxylic acids is 1. The zero-order chi connectivity index (χ0) is 14.9. The van der Waals surface area contributed by atoms with Gasteiger partial charge in [0, 0.05) is 23.3 Å². The molecule has 2 rings (SSSR count). The molecule has 0 bridgehead atoms. The van der Waals surface area contributed by atoms with E-state index in [4.69, 9.17) is 16.7 Å². The van der Waals surface area contributed by atoms with Crippen LogP contribution >= 0.6 is 23.4 Å². The molecule has 0 spiro atoms. The molecule has 1 N–H and O–H groups in total. The van der Waals surface area contributed by atoms with Gasteiger partial charge in [-0.3, -0.25) is 4.68 Å². The first kappa shape index (κ1) is 14.9. The number of aromatic carboxylic acids is 1. The Bertz CT molecular complexity index is 667. The Hall–Kier alpha value is -1.46. The third-order valence-corrected chi connectivity index (χ3v) is 4.59. The van der Waals surface area contributed by atoms with E-state index in [9.17, 15) is 4.79 Å². The summed E-state index contributed by atoms with van der Waals surface area (Å²) >= 11 is 7.73. The van der Waals surface area contributed by atoms with Crippen molar-refractivity contribution in [3.63, 3.8) is 0 Å². The first-order valence-electron chi connectivity index (χ1n) is 6.05. The van der Waals surface area contributed by atoms with Crippen molar-refractivity contribution in [3.8, 4) is 0 Å². The van der Waals surface area contributed by atoms with E-state index < -0.39 is 5.97 Å². The second-order valence-electron chi connectivity index (χ2n) is 4.55. The Morgan fingerprint density at radius 3 is 2.70 bits per heavy atom. The predicted octanol–water partition coefficient (Wildman–Crippen LogP) is 3.68. The van der Waals surface area contributed by atoms with Crippen LogP contribution in [0.15, 0.2) is 23.1 Å². The molecule has 0 amide bonds. The van der Waals surface area contributed by atoms with E-state index in [-0.39, 0.29) is 0 Å². The van der Waals surface area contributed by atoms with E-state index in [2.05, 4.69) is 5.10 Å². The van der Waals surface area contributed by atoms with Gasteiger partial charge in [0.15, 0.2) is 0 Å². The van der Waals surface area contributed by atoms with Crippen molar-refractivity contribution in [2.45, 2.75) is 24.5 Å². The van der Waals surface area contributed by atoms with E-state index in [1.54, 1.807) is 36.5 Å². The molecule has 0 aliphatic heterocycles. The van der Waals surface area contributed by atoms with E-state index in [0.29, 0.717) is 16.5 Å². The van der Waals surface area contributed by atoms with Crippen LogP contribution in [0.2, 0.25) is 5.15 Å². The zero-order valence-electron chi connectivity index (χ0n) is 11.5. The minimum Gasteiger partial charge on any atom is -0.478 e. The number of carbonyl (C=O) groups is 1. The van der Waals surface area contributed by atoms with E-state index in [1.807, 2.05) is 19.1 Å². The smallest absolute Gasteiger partial charge is 0.335 e. The molecule has 0 unspecified atom stereocenters. The van der Waals surface area contributed by atoms with Gasteiger partial charge < -0.3 is 5.11 Å². The molecule has 2 aromatic rings. The van der Waals surface area contributed by atoms with Crippen LogP contribution in [-0.4, -0.2) is 20.9 Å². The van der Waals surface area contributed by atoms with Crippen LogP contribution in [0.1, 0.15) is 27.2 Å². The molecule has 0 aliphatic carbocycles. The third-order valence-electron chi connectivity index (χ3n) is 3.09. The number of nitrogens with zero attached hydrogens (tertiary/aromatic N) is 2. The maximum Gasteiger partial charge on any atom is 0.335 e. The number of thioether (sulfide) groups is 1.